The summed E-state index contributed by atoms with van der Waals surface area (Å²) in [6.45, 7) is 4.31. The highest BCUT2D eigenvalue weighted by Crippen LogP contribution is 2.32. The first kappa shape index (κ1) is 25.0. The van der Waals surface area contributed by atoms with Crippen molar-refractivity contribution in [3.63, 3.8) is 0 Å². The van der Waals surface area contributed by atoms with Crippen LogP contribution in [0.3, 0.4) is 0 Å². The summed E-state index contributed by atoms with van der Waals surface area (Å²) in [7, 11) is 0. The van der Waals surface area contributed by atoms with Gasteiger partial charge in [-0.15, -0.1) is 6.58 Å². The predicted octanol–water partition coefficient (Wildman–Crippen LogP) is 8.18. The molecule has 0 aliphatic rings. The molecule has 0 atom stereocenters. The Kier molecular flexibility index (Phi) is 7.53. The number of benzene rings is 4. The molecule has 4 aromatic carbocycles. The summed E-state index contributed by atoms with van der Waals surface area (Å²) in [4.78, 5) is 12.5. The number of furan rings is 1. The summed E-state index contributed by atoms with van der Waals surface area (Å²) in [5.74, 6) is 0.517. The van der Waals surface area contributed by atoms with Crippen molar-refractivity contribution < 1.29 is 13.9 Å². The average Bonchev–Trinajstić information content (AvgIpc) is 3.32. The number of amides is 1. The molecule has 0 saturated heterocycles. The van der Waals surface area contributed by atoms with E-state index in [-0.39, 0.29) is 5.76 Å². The van der Waals surface area contributed by atoms with Gasteiger partial charge in [0.1, 0.15) is 17.9 Å². The minimum absolute atomic E-state index is 0.191. The van der Waals surface area contributed by atoms with E-state index in [1.165, 1.54) is 10.8 Å². The minimum atomic E-state index is -0.427. The fourth-order valence-corrected chi connectivity index (χ4v) is 5.06. The van der Waals surface area contributed by atoms with Gasteiger partial charge in [0.05, 0.1) is 10.7 Å². The fraction of sp³-hybridized carbons (Fsp3) is 0.0667. The zero-order chi connectivity index (χ0) is 25.8. The van der Waals surface area contributed by atoms with Crippen molar-refractivity contribution >= 4 is 65.7 Å². The Bertz CT molecular complexity index is 1660. The first-order valence-corrected chi connectivity index (χ1v) is 13.1. The lowest BCUT2D eigenvalue weighted by Crippen LogP contribution is -2.16. The molecule has 1 amide bonds. The predicted molar refractivity (Wildman–Crippen MR) is 155 cm³/mol. The first-order valence-electron chi connectivity index (χ1n) is 11.6. The molecule has 1 heterocycles. The van der Waals surface area contributed by atoms with Crippen LogP contribution in [0.25, 0.3) is 21.7 Å². The number of hydrogen-bond acceptors (Lipinski definition) is 4. The van der Waals surface area contributed by atoms with Crippen molar-refractivity contribution in [2.75, 3.05) is 0 Å². The molecular formula is C30H22Br2N2O3. The Labute approximate surface area is 231 Å². The number of hydrazone groups is 1. The van der Waals surface area contributed by atoms with Crippen LogP contribution in [0.2, 0.25) is 0 Å². The maximum Gasteiger partial charge on any atom is 0.307 e. The molecule has 0 aliphatic carbocycles. The van der Waals surface area contributed by atoms with Gasteiger partial charge < -0.3 is 9.15 Å². The van der Waals surface area contributed by atoms with Crippen molar-refractivity contribution in [1.29, 1.82) is 0 Å². The van der Waals surface area contributed by atoms with Crippen LogP contribution in [0.5, 0.6) is 5.75 Å². The SMILES string of the molecule is C=CCc1cc(/C=N/NC(=O)c2cc3cc(Br)ccc3o2)cc(Br)c1OCc1ccc2ccccc2c1. The lowest BCUT2D eigenvalue weighted by Gasteiger charge is -2.14. The lowest BCUT2D eigenvalue weighted by atomic mass is 10.1. The molecule has 1 N–H and O–H groups in total. The van der Waals surface area contributed by atoms with Gasteiger partial charge in [-0.2, -0.15) is 5.10 Å². The topological polar surface area (TPSA) is 63.8 Å². The Morgan fingerprint density at radius 1 is 0.973 bits per heavy atom. The minimum Gasteiger partial charge on any atom is -0.487 e. The number of fused-ring (bicyclic) bond motifs is 2. The van der Waals surface area contributed by atoms with Crippen LogP contribution in [0.15, 0.2) is 110 Å². The third-order valence-corrected chi connectivity index (χ3v) is 6.87. The number of rotatable bonds is 8. The molecule has 1 aromatic heterocycles. The second kappa shape index (κ2) is 11.2. The van der Waals surface area contributed by atoms with E-state index >= 15 is 0 Å². The Hall–Kier alpha value is -3.68. The van der Waals surface area contributed by atoms with Crippen LogP contribution < -0.4 is 10.2 Å². The number of hydrogen-bond donors (Lipinski definition) is 1. The molecule has 0 radical (unpaired) electrons. The van der Waals surface area contributed by atoms with E-state index in [2.05, 4.69) is 79.3 Å². The normalized spacial score (nSPS) is 11.3. The standard InChI is InChI=1S/C30H22Br2N2O3/c1-2-5-23-13-20(17-33-34-30(35)28-16-24-15-25(31)10-11-27(24)37-28)14-26(32)29(23)36-18-19-8-9-21-6-3-4-7-22(21)12-19/h2-4,6-17H,1,5,18H2,(H,34,35)/b33-17+. The highest BCUT2D eigenvalue weighted by molar-refractivity contribution is 9.10. The number of carbonyl (C=O) groups excluding carboxylic acids is 1. The highest BCUT2D eigenvalue weighted by Gasteiger charge is 2.13. The molecule has 5 aromatic rings. The van der Waals surface area contributed by atoms with Crippen molar-refractivity contribution in [2.45, 2.75) is 13.0 Å². The van der Waals surface area contributed by atoms with Gasteiger partial charge in [-0.25, -0.2) is 5.43 Å². The zero-order valence-electron chi connectivity index (χ0n) is 19.7. The fourth-order valence-electron chi connectivity index (χ4n) is 4.05. The van der Waals surface area contributed by atoms with Gasteiger partial charge in [0.25, 0.3) is 0 Å². The number of ether oxygens (including phenoxy) is 1. The van der Waals surface area contributed by atoms with Gasteiger partial charge in [-0.05, 0) is 92.3 Å². The molecule has 7 heteroatoms. The van der Waals surface area contributed by atoms with Crippen LogP contribution in [0.1, 0.15) is 27.2 Å². The third kappa shape index (κ3) is 5.84. The lowest BCUT2D eigenvalue weighted by molar-refractivity contribution is 0.0929. The summed E-state index contributed by atoms with van der Waals surface area (Å²) in [5.41, 5.74) is 6.01. The van der Waals surface area contributed by atoms with E-state index in [0.717, 1.165) is 36.8 Å². The Morgan fingerprint density at radius 2 is 1.81 bits per heavy atom. The molecule has 0 unspecified atom stereocenters. The molecule has 0 bridgehead atoms. The van der Waals surface area contributed by atoms with E-state index in [0.29, 0.717) is 18.6 Å². The van der Waals surface area contributed by atoms with Gasteiger partial charge in [-0.3, -0.25) is 4.79 Å². The van der Waals surface area contributed by atoms with Crippen molar-refractivity contribution in [1.82, 2.24) is 5.43 Å². The number of halogens is 2. The van der Waals surface area contributed by atoms with E-state index < -0.39 is 5.91 Å². The molecule has 0 aliphatic heterocycles. The van der Waals surface area contributed by atoms with E-state index in [1.807, 2.05) is 48.5 Å². The van der Waals surface area contributed by atoms with Crippen molar-refractivity contribution in [2.24, 2.45) is 5.10 Å². The number of carbonyl (C=O) groups is 1. The smallest absolute Gasteiger partial charge is 0.307 e. The van der Waals surface area contributed by atoms with Crippen LogP contribution in [-0.2, 0) is 13.0 Å². The van der Waals surface area contributed by atoms with Crippen LogP contribution in [-0.4, -0.2) is 12.1 Å². The van der Waals surface area contributed by atoms with E-state index in [1.54, 1.807) is 12.3 Å². The maximum absolute atomic E-state index is 12.5. The van der Waals surface area contributed by atoms with Crippen LogP contribution >= 0.6 is 31.9 Å². The van der Waals surface area contributed by atoms with Crippen molar-refractivity contribution in [3.05, 3.63) is 123 Å². The van der Waals surface area contributed by atoms with Crippen LogP contribution in [0.4, 0.5) is 0 Å². The van der Waals surface area contributed by atoms with Crippen LogP contribution in [0, 0.1) is 0 Å². The Morgan fingerprint density at radius 3 is 2.65 bits per heavy atom. The van der Waals surface area contributed by atoms with E-state index in [9.17, 15) is 4.79 Å². The number of nitrogens with zero attached hydrogens (tertiary/aromatic N) is 1. The summed E-state index contributed by atoms with van der Waals surface area (Å²) in [6, 6.07) is 25.7. The summed E-state index contributed by atoms with van der Waals surface area (Å²) >= 11 is 7.06. The zero-order valence-corrected chi connectivity index (χ0v) is 22.9. The highest BCUT2D eigenvalue weighted by atomic mass is 79.9. The molecule has 5 nitrogen and oxygen atoms in total. The summed E-state index contributed by atoms with van der Waals surface area (Å²) < 4.78 is 13.6. The number of nitrogens with one attached hydrogen (secondary N) is 1. The van der Waals surface area contributed by atoms with Gasteiger partial charge in [0.15, 0.2) is 5.76 Å². The molecular weight excluding hydrogens is 596 g/mol. The third-order valence-electron chi connectivity index (χ3n) is 5.79. The van der Waals surface area contributed by atoms with Crippen molar-refractivity contribution in [3.8, 4) is 5.75 Å². The molecule has 0 saturated carbocycles. The molecule has 5 rings (SSSR count). The molecule has 184 valence electrons. The molecule has 0 fully saturated rings. The summed E-state index contributed by atoms with van der Waals surface area (Å²) in [5, 5.41) is 7.33. The van der Waals surface area contributed by atoms with Gasteiger partial charge >= 0.3 is 5.91 Å². The van der Waals surface area contributed by atoms with Gasteiger partial charge in [0.2, 0.25) is 0 Å². The second-order valence-corrected chi connectivity index (χ2v) is 10.2. The monoisotopic (exact) mass is 616 g/mol. The molecule has 0 spiro atoms. The van der Waals surface area contributed by atoms with Gasteiger partial charge in [0, 0.05) is 9.86 Å². The average molecular weight is 618 g/mol. The first-order chi connectivity index (χ1) is 18.0. The van der Waals surface area contributed by atoms with E-state index in [4.69, 9.17) is 9.15 Å². The second-order valence-electron chi connectivity index (χ2n) is 8.45. The Balaban J connectivity index is 1.29. The quantitative estimate of drug-likeness (QED) is 0.108. The largest absolute Gasteiger partial charge is 0.487 e. The van der Waals surface area contributed by atoms with Gasteiger partial charge in [-0.1, -0.05) is 58.4 Å². The molecule has 37 heavy (non-hydrogen) atoms. The summed E-state index contributed by atoms with van der Waals surface area (Å²) in [6.07, 6.45) is 4.03. The maximum atomic E-state index is 12.5. The number of allylic oxidation sites excluding steroid dienone is 1.